The predicted octanol–water partition coefficient (Wildman–Crippen LogP) is 1.95. The van der Waals surface area contributed by atoms with Crippen molar-refractivity contribution in [3.8, 4) is 0 Å². The Bertz CT molecular complexity index is 532. The number of nitrogens with one attached hydrogen (secondary N) is 1. The molecule has 0 unspecified atom stereocenters. The highest BCUT2D eigenvalue weighted by atomic mass is 16.5. The highest BCUT2D eigenvalue weighted by Gasteiger charge is 2.35. The topological polar surface area (TPSA) is 45.2 Å². The molecule has 0 bridgehead atoms. The summed E-state index contributed by atoms with van der Waals surface area (Å²) in [6.07, 6.45) is 0.912. The van der Waals surface area contributed by atoms with E-state index in [0.717, 1.165) is 17.6 Å². The largest absolute Gasteiger partial charge is 0.393 e. The molecule has 2 aromatic rings. The van der Waals surface area contributed by atoms with Gasteiger partial charge in [0, 0.05) is 10.9 Å². The van der Waals surface area contributed by atoms with E-state index in [1.807, 2.05) is 19.1 Å². The summed E-state index contributed by atoms with van der Waals surface area (Å²) in [5.74, 6) is 0. The lowest BCUT2D eigenvalue weighted by Gasteiger charge is -2.32. The Labute approximate surface area is 94.0 Å². The number of H-pyrrole nitrogens is 1. The van der Waals surface area contributed by atoms with E-state index in [-0.39, 0.29) is 6.61 Å². The number of aliphatic hydroxyl groups excluding tert-OH is 1. The van der Waals surface area contributed by atoms with Crippen molar-refractivity contribution < 1.29 is 9.84 Å². The molecule has 0 amide bonds. The number of aromatic amines is 1. The van der Waals surface area contributed by atoms with Crippen molar-refractivity contribution in [2.75, 3.05) is 13.2 Å². The Hall–Kier alpha value is -1.32. The van der Waals surface area contributed by atoms with Crippen LogP contribution in [0.3, 0.4) is 0 Å². The van der Waals surface area contributed by atoms with Crippen molar-refractivity contribution in [3.63, 3.8) is 0 Å². The van der Waals surface area contributed by atoms with E-state index in [0.29, 0.717) is 6.61 Å². The minimum Gasteiger partial charge on any atom is -0.393 e. The first kappa shape index (κ1) is 9.87. The van der Waals surface area contributed by atoms with Crippen LogP contribution in [0.2, 0.25) is 0 Å². The number of hydrogen-bond acceptors (Lipinski definition) is 2. The van der Waals surface area contributed by atoms with Crippen molar-refractivity contribution in [1.29, 1.82) is 0 Å². The van der Waals surface area contributed by atoms with Gasteiger partial charge in [0.15, 0.2) is 0 Å². The zero-order valence-electron chi connectivity index (χ0n) is 9.29. The lowest BCUT2D eigenvalue weighted by molar-refractivity contribution is -0.0825. The van der Waals surface area contributed by atoms with Crippen LogP contribution >= 0.6 is 0 Å². The van der Waals surface area contributed by atoms with Crippen LogP contribution in [0, 0.1) is 0 Å². The van der Waals surface area contributed by atoms with Crippen LogP contribution in [0.25, 0.3) is 10.9 Å². The summed E-state index contributed by atoms with van der Waals surface area (Å²) >= 11 is 0. The Morgan fingerprint density at radius 1 is 1.44 bits per heavy atom. The van der Waals surface area contributed by atoms with E-state index < -0.39 is 5.60 Å². The minimum absolute atomic E-state index is 0.00677. The van der Waals surface area contributed by atoms with E-state index >= 15 is 0 Å². The Balaban J connectivity index is 2.29. The summed E-state index contributed by atoms with van der Waals surface area (Å²) < 4.78 is 5.69. The van der Waals surface area contributed by atoms with Gasteiger partial charge in [-0.05, 0) is 25.0 Å². The fourth-order valence-corrected chi connectivity index (χ4v) is 2.49. The Morgan fingerprint density at radius 3 is 3.06 bits per heavy atom. The maximum absolute atomic E-state index is 9.48. The van der Waals surface area contributed by atoms with E-state index in [1.165, 1.54) is 10.9 Å². The number of aromatic nitrogens is 1. The summed E-state index contributed by atoms with van der Waals surface area (Å²) in [4.78, 5) is 3.37. The highest BCUT2D eigenvalue weighted by molar-refractivity contribution is 5.85. The van der Waals surface area contributed by atoms with Crippen LogP contribution in [0.1, 0.15) is 18.2 Å². The third-order valence-corrected chi connectivity index (χ3v) is 3.42. The number of aliphatic hydroxyl groups is 1. The first-order chi connectivity index (χ1) is 7.74. The third kappa shape index (κ3) is 1.22. The van der Waals surface area contributed by atoms with Crippen LogP contribution < -0.4 is 0 Å². The fraction of sp³-hybridized carbons (Fsp3) is 0.385. The summed E-state index contributed by atoms with van der Waals surface area (Å²) in [6, 6.07) is 8.24. The second-order valence-electron chi connectivity index (χ2n) is 4.51. The third-order valence-electron chi connectivity index (χ3n) is 3.42. The second-order valence-corrected chi connectivity index (χ2v) is 4.51. The molecule has 3 heteroatoms. The SMILES string of the molecule is C[C@]1(CO)OCCc2c1[nH]c1ccccc21. The molecule has 1 aliphatic rings. The Morgan fingerprint density at radius 2 is 2.25 bits per heavy atom. The number of hydrogen-bond donors (Lipinski definition) is 2. The van der Waals surface area contributed by atoms with Crippen LogP contribution in [0.15, 0.2) is 24.3 Å². The lowest BCUT2D eigenvalue weighted by atomic mass is 9.94. The summed E-state index contributed by atoms with van der Waals surface area (Å²) in [7, 11) is 0. The van der Waals surface area contributed by atoms with Crippen molar-refractivity contribution in [2.45, 2.75) is 18.9 Å². The van der Waals surface area contributed by atoms with Crippen molar-refractivity contribution in [2.24, 2.45) is 0 Å². The quantitative estimate of drug-likeness (QED) is 0.766. The van der Waals surface area contributed by atoms with Gasteiger partial charge in [-0.1, -0.05) is 18.2 Å². The number of rotatable bonds is 1. The molecule has 2 heterocycles. The van der Waals surface area contributed by atoms with E-state index in [4.69, 9.17) is 4.74 Å². The van der Waals surface area contributed by atoms with Crippen LogP contribution in [-0.2, 0) is 16.8 Å². The number of fused-ring (bicyclic) bond motifs is 3. The summed E-state index contributed by atoms with van der Waals surface area (Å²) in [5.41, 5.74) is 2.87. The van der Waals surface area contributed by atoms with Gasteiger partial charge in [0.25, 0.3) is 0 Å². The summed E-state index contributed by atoms with van der Waals surface area (Å²) in [5, 5.41) is 10.7. The number of ether oxygens (including phenoxy) is 1. The molecule has 1 aliphatic heterocycles. The molecule has 16 heavy (non-hydrogen) atoms. The molecule has 84 valence electrons. The van der Waals surface area contributed by atoms with Gasteiger partial charge in [0.2, 0.25) is 0 Å². The molecule has 3 rings (SSSR count). The molecule has 2 N–H and O–H groups in total. The number of benzene rings is 1. The van der Waals surface area contributed by atoms with E-state index in [2.05, 4.69) is 17.1 Å². The first-order valence-corrected chi connectivity index (χ1v) is 5.59. The maximum Gasteiger partial charge on any atom is 0.128 e. The monoisotopic (exact) mass is 217 g/mol. The van der Waals surface area contributed by atoms with Gasteiger partial charge in [-0.2, -0.15) is 0 Å². The molecule has 0 saturated carbocycles. The van der Waals surface area contributed by atoms with E-state index in [1.54, 1.807) is 0 Å². The minimum atomic E-state index is -0.577. The van der Waals surface area contributed by atoms with Gasteiger partial charge in [0.05, 0.1) is 18.9 Å². The van der Waals surface area contributed by atoms with Gasteiger partial charge >= 0.3 is 0 Å². The van der Waals surface area contributed by atoms with Gasteiger partial charge in [-0.15, -0.1) is 0 Å². The molecular formula is C13H15NO2. The maximum atomic E-state index is 9.48. The normalized spacial score (nSPS) is 24.6. The van der Waals surface area contributed by atoms with Crippen molar-refractivity contribution >= 4 is 10.9 Å². The Kier molecular flexibility index (Phi) is 2.06. The highest BCUT2D eigenvalue weighted by Crippen LogP contribution is 2.36. The smallest absolute Gasteiger partial charge is 0.128 e. The zero-order valence-corrected chi connectivity index (χ0v) is 9.29. The molecule has 3 nitrogen and oxygen atoms in total. The molecule has 0 spiro atoms. The molecular weight excluding hydrogens is 202 g/mol. The zero-order chi connectivity index (χ0) is 11.2. The molecule has 0 fully saturated rings. The van der Waals surface area contributed by atoms with Crippen LogP contribution in [0.5, 0.6) is 0 Å². The van der Waals surface area contributed by atoms with Crippen molar-refractivity contribution in [1.82, 2.24) is 4.98 Å². The molecule has 0 radical (unpaired) electrons. The second kappa shape index (κ2) is 3.34. The lowest BCUT2D eigenvalue weighted by Crippen LogP contribution is -2.36. The van der Waals surface area contributed by atoms with Gasteiger partial charge < -0.3 is 14.8 Å². The average molecular weight is 217 g/mol. The summed E-state index contributed by atoms with van der Waals surface area (Å²) in [6.45, 7) is 2.61. The molecule has 0 saturated heterocycles. The van der Waals surface area contributed by atoms with Gasteiger partial charge in [0.1, 0.15) is 5.60 Å². The fourth-order valence-electron chi connectivity index (χ4n) is 2.49. The standard InChI is InChI=1S/C13H15NO2/c1-13(8-15)12-10(6-7-16-13)9-4-2-3-5-11(9)14-12/h2-5,14-15H,6-8H2,1H3/t13-/m1/s1. The predicted molar refractivity (Wildman–Crippen MR) is 62.4 cm³/mol. The van der Waals surface area contributed by atoms with Gasteiger partial charge in [-0.3, -0.25) is 0 Å². The van der Waals surface area contributed by atoms with Crippen LogP contribution in [-0.4, -0.2) is 23.3 Å². The number of para-hydroxylation sites is 1. The molecule has 1 aromatic heterocycles. The molecule has 1 atom stereocenters. The first-order valence-electron chi connectivity index (χ1n) is 5.59. The van der Waals surface area contributed by atoms with Crippen molar-refractivity contribution in [3.05, 3.63) is 35.5 Å². The van der Waals surface area contributed by atoms with Gasteiger partial charge in [-0.25, -0.2) is 0 Å². The van der Waals surface area contributed by atoms with Crippen LogP contribution in [0.4, 0.5) is 0 Å². The average Bonchev–Trinajstić information content (AvgIpc) is 2.70. The molecule has 1 aromatic carbocycles. The van der Waals surface area contributed by atoms with E-state index in [9.17, 15) is 5.11 Å². The molecule has 0 aliphatic carbocycles.